The van der Waals surface area contributed by atoms with Crippen LogP contribution >= 0.6 is 0 Å². The van der Waals surface area contributed by atoms with Crippen LogP contribution in [-0.4, -0.2) is 11.1 Å². The largest absolute Gasteiger partial charge is 0.489 e. The predicted molar refractivity (Wildman–Crippen MR) is 96.6 cm³/mol. The van der Waals surface area contributed by atoms with E-state index in [1.54, 1.807) is 0 Å². The van der Waals surface area contributed by atoms with Crippen molar-refractivity contribution < 1.29 is 13.5 Å². The minimum absolute atomic E-state index is 0.0352. The third-order valence-corrected chi connectivity index (χ3v) is 5.07. The molecule has 0 bridgehead atoms. The number of aromatic nitrogens is 1. The van der Waals surface area contributed by atoms with Crippen LogP contribution < -0.4 is 10.3 Å². The quantitative estimate of drug-likeness (QED) is 0.749. The van der Waals surface area contributed by atoms with Crippen LogP contribution in [0.5, 0.6) is 5.75 Å². The van der Waals surface area contributed by atoms with E-state index in [0.717, 1.165) is 17.4 Å². The number of para-hydroxylation sites is 1. The first-order valence-corrected chi connectivity index (χ1v) is 8.71. The summed E-state index contributed by atoms with van der Waals surface area (Å²) >= 11 is 0. The summed E-state index contributed by atoms with van der Waals surface area (Å²) < 4.78 is 33.8. The maximum Gasteiger partial charge on any atom is 0.248 e. The van der Waals surface area contributed by atoms with Crippen molar-refractivity contribution in [3.8, 4) is 5.75 Å². The molecule has 1 N–H and O–H groups in total. The normalized spacial score (nSPS) is 19.0. The minimum Gasteiger partial charge on any atom is -0.489 e. The Morgan fingerprint density at radius 3 is 2.69 bits per heavy atom. The summed E-state index contributed by atoms with van der Waals surface area (Å²) in [4.78, 5) is 14.4. The van der Waals surface area contributed by atoms with Gasteiger partial charge in [-0.05, 0) is 36.1 Å². The van der Waals surface area contributed by atoms with Crippen molar-refractivity contribution >= 4 is 10.9 Å². The Hall–Kier alpha value is -2.69. The molecule has 0 amide bonds. The van der Waals surface area contributed by atoms with Crippen molar-refractivity contribution in [1.29, 1.82) is 0 Å². The van der Waals surface area contributed by atoms with Gasteiger partial charge in [0.05, 0.1) is 5.52 Å². The molecule has 2 atom stereocenters. The van der Waals surface area contributed by atoms with Crippen LogP contribution in [0.1, 0.15) is 30.9 Å². The number of ether oxygens (including phenoxy) is 1. The molecule has 0 fully saturated rings. The molecule has 3 aromatic rings. The number of H-pyrrole nitrogens is 1. The van der Waals surface area contributed by atoms with Gasteiger partial charge in [-0.15, -0.1) is 0 Å². The molecule has 0 spiro atoms. The third-order valence-electron chi connectivity index (χ3n) is 5.07. The first kappa shape index (κ1) is 16.8. The molecular formula is C21H19F2NO2. The molecule has 2 unspecified atom stereocenters. The van der Waals surface area contributed by atoms with E-state index in [4.69, 9.17) is 4.74 Å². The highest BCUT2D eigenvalue weighted by molar-refractivity contribution is 5.82. The minimum atomic E-state index is -1.02. The lowest BCUT2D eigenvalue weighted by Crippen LogP contribution is -2.26. The lowest BCUT2D eigenvalue weighted by Gasteiger charge is -2.23. The van der Waals surface area contributed by atoms with Crippen molar-refractivity contribution in [2.24, 2.45) is 5.92 Å². The molecule has 1 aliphatic rings. The highest BCUT2D eigenvalue weighted by Crippen LogP contribution is 2.43. The van der Waals surface area contributed by atoms with Crippen LogP contribution in [0.3, 0.4) is 0 Å². The fourth-order valence-electron chi connectivity index (χ4n) is 3.87. The molecule has 0 aliphatic carbocycles. The van der Waals surface area contributed by atoms with Crippen LogP contribution in [-0.2, 0) is 6.42 Å². The van der Waals surface area contributed by atoms with E-state index in [-0.39, 0.29) is 23.5 Å². The molecule has 2 aromatic carbocycles. The van der Waals surface area contributed by atoms with E-state index in [0.29, 0.717) is 17.4 Å². The van der Waals surface area contributed by atoms with Gasteiger partial charge < -0.3 is 9.72 Å². The smallest absolute Gasteiger partial charge is 0.248 e. The van der Waals surface area contributed by atoms with Crippen LogP contribution in [0.25, 0.3) is 10.9 Å². The summed E-state index contributed by atoms with van der Waals surface area (Å²) in [6, 6.07) is 11.9. The molecule has 0 radical (unpaired) electrons. The number of pyridine rings is 1. The lowest BCUT2D eigenvalue weighted by atomic mass is 9.84. The number of aromatic amines is 1. The van der Waals surface area contributed by atoms with Gasteiger partial charge in [-0.3, -0.25) is 4.79 Å². The Morgan fingerprint density at radius 1 is 1.15 bits per heavy atom. The summed E-state index contributed by atoms with van der Waals surface area (Å²) in [6.07, 6.45) is 0.484. The van der Waals surface area contributed by atoms with Gasteiger partial charge in [0.15, 0.2) is 11.6 Å². The van der Waals surface area contributed by atoms with Crippen molar-refractivity contribution in [2.45, 2.75) is 32.3 Å². The number of halogens is 2. The molecule has 5 heteroatoms. The molecule has 134 valence electrons. The number of hydrogen-bond donors (Lipinski definition) is 1. The summed E-state index contributed by atoms with van der Waals surface area (Å²) in [5.41, 5.74) is 1.26. The van der Waals surface area contributed by atoms with E-state index >= 15 is 0 Å². The van der Waals surface area contributed by atoms with Gasteiger partial charge in [0.2, 0.25) is 5.56 Å². The van der Waals surface area contributed by atoms with Gasteiger partial charge in [0.1, 0.15) is 11.9 Å². The van der Waals surface area contributed by atoms with Gasteiger partial charge in [-0.1, -0.05) is 32.0 Å². The number of fused-ring (bicyclic) bond motifs is 2. The summed E-state index contributed by atoms with van der Waals surface area (Å²) in [6.45, 7) is 4.18. The number of nitrogens with one attached hydrogen (secondary N) is 1. The van der Waals surface area contributed by atoms with Crippen molar-refractivity contribution in [3.05, 3.63) is 75.6 Å². The Morgan fingerprint density at radius 2 is 1.92 bits per heavy atom. The Bertz CT molecular complexity index is 1040. The Kier molecular flexibility index (Phi) is 4.02. The van der Waals surface area contributed by atoms with Gasteiger partial charge in [0.25, 0.3) is 0 Å². The van der Waals surface area contributed by atoms with E-state index in [1.165, 1.54) is 12.1 Å². The SMILES string of the molecule is CC(C)C1Oc2ccccc2C1Cc1cc(=O)[nH]c2c(F)c(F)ccc12. The van der Waals surface area contributed by atoms with Crippen LogP contribution in [0.2, 0.25) is 0 Å². The molecule has 2 heterocycles. The Labute approximate surface area is 149 Å². The number of rotatable bonds is 3. The molecular weight excluding hydrogens is 336 g/mol. The first-order chi connectivity index (χ1) is 12.5. The van der Waals surface area contributed by atoms with Gasteiger partial charge in [-0.25, -0.2) is 8.78 Å². The van der Waals surface area contributed by atoms with Crippen molar-refractivity contribution in [3.63, 3.8) is 0 Å². The second-order valence-electron chi connectivity index (χ2n) is 7.12. The fraction of sp³-hybridized carbons (Fsp3) is 0.286. The average molecular weight is 355 g/mol. The second kappa shape index (κ2) is 6.24. The molecule has 0 saturated carbocycles. The zero-order chi connectivity index (χ0) is 18.4. The van der Waals surface area contributed by atoms with Crippen LogP contribution in [0, 0.1) is 17.6 Å². The summed E-state index contributed by atoms with van der Waals surface area (Å²) in [5, 5.41) is 0.524. The van der Waals surface area contributed by atoms with Gasteiger partial charge in [0, 0.05) is 22.9 Å². The molecule has 0 saturated heterocycles. The van der Waals surface area contributed by atoms with E-state index < -0.39 is 17.2 Å². The highest BCUT2D eigenvalue weighted by Gasteiger charge is 2.36. The highest BCUT2D eigenvalue weighted by atomic mass is 19.2. The topological polar surface area (TPSA) is 42.1 Å². The fourth-order valence-corrected chi connectivity index (χ4v) is 3.87. The maximum absolute atomic E-state index is 14.1. The molecule has 1 aromatic heterocycles. The van der Waals surface area contributed by atoms with Gasteiger partial charge >= 0.3 is 0 Å². The van der Waals surface area contributed by atoms with Crippen LogP contribution in [0.4, 0.5) is 8.78 Å². The van der Waals surface area contributed by atoms with E-state index in [2.05, 4.69) is 18.8 Å². The summed E-state index contributed by atoms with van der Waals surface area (Å²) in [5.74, 6) is -0.827. The van der Waals surface area contributed by atoms with Crippen molar-refractivity contribution in [1.82, 2.24) is 4.98 Å². The average Bonchev–Trinajstić information content (AvgIpc) is 2.97. The Balaban J connectivity index is 1.84. The molecule has 4 rings (SSSR count). The van der Waals surface area contributed by atoms with E-state index in [1.807, 2.05) is 24.3 Å². The molecule has 3 nitrogen and oxygen atoms in total. The maximum atomic E-state index is 14.1. The first-order valence-electron chi connectivity index (χ1n) is 8.71. The second-order valence-corrected chi connectivity index (χ2v) is 7.12. The lowest BCUT2D eigenvalue weighted by molar-refractivity contribution is 0.152. The predicted octanol–water partition coefficient (Wildman–Crippen LogP) is 4.55. The monoisotopic (exact) mass is 355 g/mol. The third kappa shape index (κ3) is 2.68. The van der Waals surface area contributed by atoms with E-state index in [9.17, 15) is 13.6 Å². The van der Waals surface area contributed by atoms with Gasteiger partial charge in [-0.2, -0.15) is 0 Å². The number of hydrogen-bond acceptors (Lipinski definition) is 2. The molecule has 1 aliphatic heterocycles. The number of benzene rings is 2. The zero-order valence-electron chi connectivity index (χ0n) is 14.6. The van der Waals surface area contributed by atoms with Crippen molar-refractivity contribution in [2.75, 3.05) is 0 Å². The molecule has 26 heavy (non-hydrogen) atoms. The summed E-state index contributed by atoms with van der Waals surface area (Å²) in [7, 11) is 0. The zero-order valence-corrected chi connectivity index (χ0v) is 14.6. The standard InChI is InChI=1S/C21H19F2NO2/c1-11(2)21-15(14-5-3-4-6-17(14)26-21)9-12-10-18(25)24-20-13(12)7-8-16(22)19(20)23/h3-8,10-11,15,21H,9H2,1-2H3,(H,24,25). The van der Waals surface area contributed by atoms with Crippen LogP contribution in [0.15, 0.2) is 47.3 Å².